The van der Waals surface area contributed by atoms with Crippen LogP contribution in [0.15, 0.2) is 109 Å². The molecular weight excluding hydrogens is 488 g/mol. The largest absolute Gasteiger partial charge is 0.489 e. The van der Waals surface area contributed by atoms with E-state index >= 15 is 0 Å². The molecule has 0 radical (unpaired) electrons. The molecule has 0 spiro atoms. The van der Waals surface area contributed by atoms with E-state index in [1.54, 1.807) is 19.1 Å². The Labute approximate surface area is 229 Å². The predicted octanol–water partition coefficient (Wildman–Crippen LogP) is 7.81. The van der Waals surface area contributed by atoms with Gasteiger partial charge in [0.05, 0.1) is 0 Å². The van der Waals surface area contributed by atoms with E-state index in [1.165, 1.54) is 5.56 Å². The Bertz CT molecular complexity index is 1470. The minimum atomic E-state index is -1.05. The van der Waals surface area contributed by atoms with Gasteiger partial charge in [0.1, 0.15) is 42.6 Å². The van der Waals surface area contributed by atoms with Gasteiger partial charge in [-0.2, -0.15) is 0 Å². The van der Waals surface area contributed by atoms with Crippen LogP contribution in [0.2, 0.25) is 0 Å². The molecule has 0 unspecified atom stereocenters. The van der Waals surface area contributed by atoms with Gasteiger partial charge in [-0.05, 0) is 65.4 Å². The summed E-state index contributed by atoms with van der Waals surface area (Å²) in [6.45, 7) is 8.78. The van der Waals surface area contributed by atoms with Crippen molar-refractivity contribution in [1.82, 2.24) is 0 Å². The standard InChI is InChI=1S/C34H32O5/c1-24(16-17-29-14-8-7-10-25(29)2)21-37-30-15-9-13-28(19-30)23-39-32-20-31(18-26(3)33(32)34(35)36)38-22-27-11-5-4-6-12-27/h4-20H,1,21-23H2,2-3H3,(H,35,36)/b17-16-. The van der Waals surface area contributed by atoms with Crippen molar-refractivity contribution in [3.8, 4) is 17.2 Å². The van der Waals surface area contributed by atoms with Crippen LogP contribution in [-0.2, 0) is 13.2 Å². The van der Waals surface area contributed by atoms with Gasteiger partial charge in [-0.3, -0.25) is 0 Å². The van der Waals surface area contributed by atoms with Crippen molar-refractivity contribution in [3.63, 3.8) is 0 Å². The second kappa shape index (κ2) is 13.2. The van der Waals surface area contributed by atoms with Crippen LogP contribution in [0.4, 0.5) is 0 Å². The molecule has 4 aromatic rings. The van der Waals surface area contributed by atoms with E-state index < -0.39 is 5.97 Å². The molecule has 0 fully saturated rings. The lowest BCUT2D eigenvalue weighted by atomic mass is 10.1. The second-order valence-corrected chi connectivity index (χ2v) is 9.27. The maximum absolute atomic E-state index is 12.0. The van der Waals surface area contributed by atoms with Crippen LogP contribution >= 0.6 is 0 Å². The van der Waals surface area contributed by atoms with E-state index in [0.717, 1.165) is 22.3 Å². The summed E-state index contributed by atoms with van der Waals surface area (Å²) < 4.78 is 17.8. The number of hydrogen-bond acceptors (Lipinski definition) is 4. The average Bonchev–Trinajstić information content (AvgIpc) is 2.94. The summed E-state index contributed by atoms with van der Waals surface area (Å²) in [5, 5.41) is 9.79. The quantitative estimate of drug-likeness (QED) is 0.193. The van der Waals surface area contributed by atoms with Gasteiger partial charge >= 0.3 is 5.97 Å². The van der Waals surface area contributed by atoms with E-state index in [2.05, 4.69) is 25.6 Å². The molecule has 0 amide bonds. The van der Waals surface area contributed by atoms with Gasteiger partial charge in [0.15, 0.2) is 0 Å². The molecule has 5 heteroatoms. The summed E-state index contributed by atoms with van der Waals surface area (Å²) in [6, 6.07) is 28.8. The van der Waals surface area contributed by atoms with Crippen molar-refractivity contribution in [2.45, 2.75) is 27.1 Å². The zero-order chi connectivity index (χ0) is 27.6. The summed E-state index contributed by atoms with van der Waals surface area (Å²) in [5.41, 5.74) is 5.73. The molecule has 4 aromatic carbocycles. The second-order valence-electron chi connectivity index (χ2n) is 9.27. The van der Waals surface area contributed by atoms with Gasteiger partial charge in [0, 0.05) is 6.07 Å². The highest BCUT2D eigenvalue weighted by Crippen LogP contribution is 2.30. The van der Waals surface area contributed by atoms with Crippen LogP contribution in [0.5, 0.6) is 17.2 Å². The normalized spacial score (nSPS) is 10.8. The predicted molar refractivity (Wildman–Crippen MR) is 155 cm³/mol. The molecule has 5 nitrogen and oxygen atoms in total. The molecule has 1 N–H and O–H groups in total. The summed E-state index contributed by atoms with van der Waals surface area (Å²) in [6.07, 6.45) is 3.99. The third-order valence-corrected chi connectivity index (χ3v) is 6.14. The van der Waals surface area contributed by atoms with Gasteiger partial charge < -0.3 is 19.3 Å². The van der Waals surface area contributed by atoms with Gasteiger partial charge in [-0.25, -0.2) is 4.79 Å². The topological polar surface area (TPSA) is 65.0 Å². The number of hydrogen-bond donors (Lipinski definition) is 1. The lowest BCUT2D eigenvalue weighted by molar-refractivity contribution is 0.0690. The fourth-order valence-corrected chi connectivity index (χ4v) is 4.03. The number of aromatic carboxylic acids is 1. The van der Waals surface area contributed by atoms with Gasteiger partial charge in [-0.15, -0.1) is 0 Å². The van der Waals surface area contributed by atoms with Crippen LogP contribution in [0.3, 0.4) is 0 Å². The van der Waals surface area contributed by atoms with Crippen LogP contribution in [0.1, 0.15) is 38.2 Å². The van der Waals surface area contributed by atoms with Crippen LogP contribution in [0, 0.1) is 13.8 Å². The van der Waals surface area contributed by atoms with E-state index in [0.29, 0.717) is 30.3 Å². The number of ether oxygens (including phenoxy) is 3. The Morgan fingerprint density at radius 1 is 0.769 bits per heavy atom. The Balaban J connectivity index is 1.39. The van der Waals surface area contributed by atoms with Crippen LogP contribution in [-0.4, -0.2) is 17.7 Å². The smallest absolute Gasteiger partial charge is 0.339 e. The number of carboxylic acids is 1. The minimum absolute atomic E-state index is 0.117. The van der Waals surface area contributed by atoms with E-state index in [9.17, 15) is 9.90 Å². The Hall–Kier alpha value is -4.77. The molecule has 0 saturated carbocycles. The van der Waals surface area contributed by atoms with E-state index in [-0.39, 0.29) is 17.9 Å². The highest BCUT2D eigenvalue weighted by atomic mass is 16.5. The molecule has 0 aliphatic carbocycles. The maximum atomic E-state index is 12.0. The molecule has 0 saturated heterocycles. The number of carboxylic acid groups (broad SMARTS) is 1. The fraction of sp³-hybridized carbons (Fsp3) is 0.147. The zero-order valence-corrected chi connectivity index (χ0v) is 22.2. The Kier molecular flexibility index (Phi) is 9.20. The van der Waals surface area contributed by atoms with Gasteiger partial charge in [0.25, 0.3) is 0 Å². The van der Waals surface area contributed by atoms with Crippen molar-refractivity contribution in [1.29, 1.82) is 0 Å². The zero-order valence-electron chi connectivity index (χ0n) is 22.2. The van der Waals surface area contributed by atoms with E-state index in [4.69, 9.17) is 14.2 Å². The third-order valence-electron chi connectivity index (χ3n) is 6.14. The van der Waals surface area contributed by atoms with Crippen molar-refractivity contribution < 1.29 is 24.1 Å². The first-order chi connectivity index (χ1) is 18.9. The van der Waals surface area contributed by atoms with E-state index in [1.807, 2.05) is 78.9 Å². The van der Waals surface area contributed by atoms with Crippen molar-refractivity contribution in [2.24, 2.45) is 0 Å². The first kappa shape index (κ1) is 27.3. The fourth-order valence-electron chi connectivity index (χ4n) is 4.03. The van der Waals surface area contributed by atoms with Gasteiger partial charge in [0.2, 0.25) is 0 Å². The molecule has 39 heavy (non-hydrogen) atoms. The molecule has 4 rings (SSSR count). The monoisotopic (exact) mass is 520 g/mol. The molecule has 0 heterocycles. The molecule has 0 aliphatic rings. The lowest BCUT2D eigenvalue weighted by Gasteiger charge is -2.15. The summed E-state index contributed by atoms with van der Waals surface area (Å²) in [7, 11) is 0. The first-order valence-corrected chi connectivity index (χ1v) is 12.7. The highest BCUT2D eigenvalue weighted by Gasteiger charge is 2.17. The molecule has 0 aromatic heterocycles. The molecule has 0 bridgehead atoms. The van der Waals surface area contributed by atoms with Crippen LogP contribution in [0.25, 0.3) is 6.08 Å². The number of carbonyl (C=O) groups is 1. The molecular formula is C34H32O5. The summed E-state index contributed by atoms with van der Waals surface area (Å²) >= 11 is 0. The van der Waals surface area contributed by atoms with Gasteiger partial charge in [-0.1, -0.05) is 85.5 Å². The Morgan fingerprint density at radius 2 is 1.49 bits per heavy atom. The Morgan fingerprint density at radius 3 is 2.26 bits per heavy atom. The average molecular weight is 521 g/mol. The van der Waals surface area contributed by atoms with Crippen molar-refractivity contribution >= 4 is 12.0 Å². The minimum Gasteiger partial charge on any atom is -0.489 e. The molecule has 0 atom stereocenters. The first-order valence-electron chi connectivity index (χ1n) is 12.7. The number of benzene rings is 4. The number of rotatable bonds is 12. The SMILES string of the molecule is C=C(/C=C\c1ccccc1C)COc1cccc(COc2cc(OCc3ccccc3)cc(C)c2C(=O)O)c1. The molecule has 198 valence electrons. The van der Waals surface area contributed by atoms with Crippen LogP contribution < -0.4 is 14.2 Å². The molecule has 0 aliphatic heterocycles. The number of aryl methyl sites for hydroxylation is 2. The lowest BCUT2D eigenvalue weighted by Crippen LogP contribution is -2.07. The summed E-state index contributed by atoms with van der Waals surface area (Å²) in [5.74, 6) is 0.430. The highest BCUT2D eigenvalue weighted by molar-refractivity contribution is 5.93. The summed E-state index contributed by atoms with van der Waals surface area (Å²) in [4.78, 5) is 12.0. The third kappa shape index (κ3) is 7.86. The van der Waals surface area contributed by atoms with Crippen molar-refractivity contribution in [3.05, 3.63) is 143 Å². The van der Waals surface area contributed by atoms with Crippen molar-refractivity contribution in [2.75, 3.05) is 6.61 Å². The maximum Gasteiger partial charge on any atom is 0.339 e.